The maximum absolute atomic E-state index is 12.0. The van der Waals surface area contributed by atoms with Crippen molar-refractivity contribution in [3.05, 3.63) is 39.4 Å². The predicted molar refractivity (Wildman–Crippen MR) is 85.5 cm³/mol. The van der Waals surface area contributed by atoms with E-state index in [0.717, 1.165) is 4.47 Å². The normalized spacial score (nSPS) is 10.5. The van der Waals surface area contributed by atoms with Crippen LogP contribution in [0.4, 0.5) is 16.3 Å². The summed E-state index contributed by atoms with van der Waals surface area (Å²) in [6.07, 6.45) is 2.41. The van der Waals surface area contributed by atoms with Crippen molar-refractivity contribution in [2.45, 2.75) is 6.54 Å². The molecule has 0 saturated heterocycles. The minimum atomic E-state index is -0.983. The molecule has 0 unspecified atom stereocenters. The number of hydrogen-bond acceptors (Lipinski definition) is 4. The summed E-state index contributed by atoms with van der Waals surface area (Å²) in [5.41, 5.74) is 0.244. The number of likely N-dealkylation sites (N-methyl/N-ethyl adjacent to an activating group) is 1. The second-order valence-electron chi connectivity index (χ2n) is 4.78. The monoisotopic (exact) mass is 369 g/mol. The van der Waals surface area contributed by atoms with Gasteiger partial charge in [-0.15, -0.1) is 0 Å². The van der Waals surface area contributed by atoms with E-state index in [2.05, 4.69) is 26.3 Å². The van der Waals surface area contributed by atoms with Crippen LogP contribution >= 0.6 is 15.9 Å². The van der Waals surface area contributed by atoms with Gasteiger partial charge in [-0.3, -0.25) is 9.48 Å². The topological polar surface area (TPSA) is 92.4 Å². The molecule has 2 N–H and O–H groups in total. The first kappa shape index (κ1) is 16.1. The largest absolute Gasteiger partial charge is 0.465 e. The van der Waals surface area contributed by atoms with Crippen LogP contribution in [0.25, 0.3) is 0 Å². The highest BCUT2D eigenvalue weighted by molar-refractivity contribution is 9.10. The first-order chi connectivity index (χ1) is 10.4. The standard InChI is InChI=1S/C13H16BrN5O3/c1-17(13(21)22)5-6-19-4-3-11(16-19)15-10-7-9(14)8-18(2)12(10)20/h3-4,7-8H,5-6H2,1-2H3,(H,15,16)(H,21,22). The highest BCUT2D eigenvalue weighted by Crippen LogP contribution is 2.15. The molecule has 22 heavy (non-hydrogen) atoms. The van der Waals surface area contributed by atoms with E-state index >= 15 is 0 Å². The molecule has 0 spiro atoms. The van der Waals surface area contributed by atoms with Crippen LogP contribution in [0.2, 0.25) is 0 Å². The zero-order chi connectivity index (χ0) is 16.3. The van der Waals surface area contributed by atoms with E-state index in [9.17, 15) is 9.59 Å². The molecule has 0 bridgehead atoms. The Hall–Kier alpha value is -2.29. The van der Waals surface area contributed by atoms with E-state index in [1.54, 1.807) is 36.3 Å². The molecule has 0 saturated carbocycles. The van der Waals surface area contributed by atoms with Gasteiger partial charge in [-0.2, -0.15) is 5.10 Å². The summed E-state index contributed by atoms with van der Waals surface area (Å²) in [5.74, 6) is 0.521. The van der Waals surface area contributed by atoms with E-state index < -0.39 is 6.09 Å². The van der Waals surface area contributed by atoms with Gasteiger partial charge in [-0.1, -0.05) is 0 Å². The number of halogens is 1. The van der Waals surface area contributed by atoms with Crippen molar-refractivity contribution >= 4 is 33.5 Å². The van der Waals surface area contributed by atoms with Gasteiger partial charge in [0.05, 0.1) is 6.54 Å². The summed E-state index contributed by atoms with van der Waals surface area (Å²) >= 11 is 3.33. The Kier molecular flexibility index (Phi) is 4.86. The lowest BCUT2D eigenvalue weighted by molar-refractivity contribution is 0.154. The summed E-state index contributed by atoms with van der Waals surface area (Å²) in [5, 5.41) is 16.0. The third-order valence-electron chi connectivity index (χ3n) is 3.04. The third kappa shape index (κ3) is 3.88. The van der Waals surface area contributed by atoms with E-state index in [-0.39, 0.29) is 5.56 Å². The first-order valence-corrected chi connectivity index (χ1v) is 7.27. The molecule has 118 valence electrons. The molecule has 2 aromatic heterocycles. The molecule has 1 amide bonds. The Balaban J connectivity index is 2.07. The Morgan fingerprint density at radius 2 is 2.27 bits per heavy atom. The lowest BCUT2D eigenvalue weighted by Crippen LogP contribution is -2.28. The summed E-state index contributed by atoms with van der Waals surface area (Å²) in [6, 6.07) is 3.40. The molecule has 0 fully saturated rings. The number of carboxylic acid groups (broad SMARTS) is 1. The average Bonchev–Trinajstić information content (AvgIpc) is 2.89. The SMILES string of the molecule is CN(CCn1ccc(Nc2cc(Br)cn(C)c2=O)n1)C(=O)O. The van der Waals surface area contributed by atoms with Crippen LogP contribution in [-0.4, -0.2) is 44.0 Å². The van der Waals surface area contributed by atoms with Crippen LogP contribution in [0.5, 0.6) is 0 Å². The van der Waals surface area contributed by atoms with Crippen molar-refractivity contribution < 1.29 is 9.90 Å². The molecule has 2 heterocycles. The van der Waals surface area contributed by atoms with Gasteiger partial charge in [0, 0.05) is 43.6 Å². The summed E-state index contributed by atoms with van der Waals surface area (Å²) < 4.78 is 3.86. The second-order valence-corrected chi connectivity index (χ2v) is 5.70. The van der Waals surface area contributed by atoms with Gasteiger partial charge in [0.25, 0.3) is 5.56 Å². The van der Waals surface area contributed by atoms with Crippen molar-refractivity contribution in [1.82, 2.24) is 19.2 Å². The number of hydrogen-bond donors (Lipinski definition) is 2. The van der Waals surface area contributed by atoms with Crippen LogP contribution in [0.15, 0.2) is 33.8 Å². The highest BCUT2D eigenvalue weighted by Gasteiger charge is 2.08. The number of aryl methyl sites for hydroxylation is 1. The molecule has 9 heteroatoms. The fraction of sp³-hybridized carbons (Fsp3) is 0.308. The average molecular weight is 370 g/mol. The Morgan fingerprint density at radius 1 is 1.55 bits per heavy atom. The predicted octanol–water partition coefficient (Wildman–Crippen LogP) is 1.70. The lowest BCUT2D eigenvalue weighted by Gasteiger charge is -2.12. The number of amides is 1. The van der Waals surface area contributed by atoms with Crippen molar-refractivity contribution in [1.29, 1.82) is 0 Å². The molecule has 8 nitrogen and oxygen atoms in total. The molecule has 0 atom stereocenters. The van der Waals surface area contributed by atoms with E-state index in [1.807, 2.05) is 0 Å². The molecule has 0 aliphatic heterocycles. The van der Waals surface area contributed by atoms with Gasteiger partial charge in [-0.05, 0) is 22.0 Å². The van der Waals surface area contributed by atoms with Gasteiger partial charge in [0.15, 0.2) is 5.82 Å². The molecule has 0 aliphatic carbocycles. The lowest BCUT2D eigenvalue weighted by atomic mass is 10.4. The minimum Gasteiger partial charge on any atom is -0.465 e. The minimum absolute atomic E-state index is 0.164. The third-order valence-corrected chi connectivity index (χ3v) is 3.48. The Bertz CT molecular complexity index is 740. The van der Waals surface area contributed by atoms with Crippen LogP contribution in [0, 0.1) is 0 Å². The van der Waals surface area contributed by atoms with Crippen LogP contribution in [0.3, 0.4) is 0 Å². The number of nitrogens with one attached hydrogen (secondary N) is 1. The summed E-state index contributed by atoms with van der Waals surface area (Å²) in [6.45, 7) is 0.760. The van der Waals surface area contributed by atoms with E-state index in [0.29, 0.717) is 24.6 Å². The Morgan fingerprint density at radius 3 is 2.95 bits per heavy atom. The zero-order valence-electron chi connectivity index (χ0n) is 12.2. The molecule has 0 aliphatic rings. The number of nitrogens with zero attached hydrogens (tertiary/aromatic N) is 4. The van der Waals surface area contributed by atoms with Gasteiger partial charge in [0.1, 0.15) is 5.69 Å². The maximum Gasteiger partial charge on any atom is 0.407 e. The molecule has 2 aromatic rings. The van der Waals surface area contributed by atoms with Crippen LogP contribution < -0.4 is 10.9 Å². The number of aromatic nitrogens is 3. The number of carbonyl (C=O) groups is 1. The number of pyridine rings is 1. The summed E-state index contributed by atoms with van der Waals surface area (Å²) in [7, 11) is 3.16. The Labute approximate surface area is 135 Å². The second kappa shape index (κ2) is 6.65. The first-order valence-electron chi connectivity index (χ1n) is 6.47. The van der Waals surface area contributed by atoms with Crippen LogP contribution in [0.1, 0.15) is 0 Å². The van der Waals surface area contributed by atoms with Gasteiger partial charge >= 0.3 is 6.09 Å². The fourth-order valence-electron chi connectivity index (χ4n) is 1.80. The quantitative estimate of drug-likeness (QED) is 0.836. The van der Waals surface area contributed by atoms with E-state index in [1.165, 1.54) is 16.5 Å². The smallest absolute Gasteiger partial charge is 0.407 e. The fourth-order valence-corrected chi connectivity index (χ4v) is 2.34. The van der Waals surface area contributed by atoms with Crippen molar-refractivity contribution in [2.24, 2.45) is 7.05 Å². The van der Waals surface area contributed by atoms with Crippen molar-refractivity contribution in [3.63, 3.8) is 0 Å². The molecule has 0 radical (unpaired) electrons. The highest BCUT2D eigenvalue weighted by atomic mass is 79.9. The van der Waals surface area contributed by atoms with E-state index in [4.69, 9.17) is 5.11 Å². The van der Waals surface area contributed by atoms with Crippen LogP contribution in [-0.2, 0) is 13.6 Å². The number of rotatable bonds is 5. The molecular formula is C13H16BrN5O3. The van der Waals surface area contributed by atoms with Gasteiger partial charge in [0.2, 0.25) is 0 Å². The number of anilines is 2. The molecule has 0 aromatic carbocycles. The molecular weight excluding hydrogens is 354 g/mol. The van der Waals surface area contributed by atoms with Gasteiger partial charge in [-0.25, -0.2) is 4.79 Å². The van der Waals surface area contributed by atoms with Crippen molar-refractivity contribution in [2.75, 3.05) is 18.9 Å². The van der Waals surface area contributed by atoms with Crippen molar-refractivity contribution in [3.8, 4) is 0 Å². The maximum atomic E-state index is 12.0. The zero-order valence-corrected chi connectivity index (χ0v) is 13.7. The molecule has 2 rings (SSSR count). The van der Waals surface area contributed by atoms with Gasteiger partial charge < -0.3 is 19.9 Å². The summed E-state index contributed by atoms with van der Waals surface area (Å²) in [4.78, 5) is 23.9.